The molecule has 0 aliphatic heterocycles. The second-order valence-electron chi connectivity index (χ2n) is 5.15. The Labute approximate surface area is 121 Å². The number of nitriles is 1. The average molecular weight is 276 g/mol. The number of nitrogens with one attached hydrogen (secondary N) is 1. The molecule has 0 bridgehead atoms. The number of hydrogen-bond donors (Lipinski definition) is 1. The van der Waals surface area contributed by atoms with Gasteiger partial charge in [-0.1, -0.05) is 26.8 Å². The monoisotopic (exact) mass is 276 g/mol. The average Bonchev–Trinajstić information content (AvgIpc) is 2.44. The van der Waals surface area contributed by atoms with Crippen molar-refractivity contribution in [3.8, 4) is 17.6 Å². The minimum Gasteiger partial charge on any atom is -0.493 e. The lowest BCUT2D eigenvalue weighted by Gasteiger charge is -2.15. The molecule has 0 saturated carbocycles. The van der Waals surface area contributed by atoms with E-state index in [1.54, 1.807) is 7.11 Å². The topological polar surface area (TPSA) is 54.3 Å². The maximum Gasteiger partial charge on any atom is 0.184 e. The lowest BCUT2D eigenvalue weighted by molar-refractivity contribution is 0.238. The van der Waals surface area contributed by atoms with Crippen LogP contribution in [0.4, 0.5) is 0 Å². The highest BCUT2D eigenvalue weighted by molar-refractivity contribution is 5.43. The summed E-state index contributed by atoms with van der Waals surface area (Å²) in [5, 5.41) is 12.4. The molecule has 0 aliphatic rings. The van der Waals surface area contributed by atoms with Gasteiger partial charge >= 0.3 is 0 Å². The standard InChI is InChI=1S/C16H24N2O2/c1-5-14(9-17)20-16-8-13(6-7-15(16)19-4)11-18-10-12(2)3/h6-8,12,14,18H,5,10-11H2,1-4H3. The van der Waals surface area contributed by atoms with Crippen LogP contribution in [0.5, 0.6) is 11.5 Å². The van der Waals surface area contributed by atoms with E-state index < -0.39 is 6.10 Å². The highest BCUT2D eigenvalue weighted by atomic mass is 16.5. The quantitative estimate of drug-likeness (QED) is 0.792. The summed E-state index contributed by atoms with van der Waals surface area (Å²) in [6.45, 7) is 8.02. The van der Waals surface area contributed by atoms with E-state index in [0.717, 1.165) is 18.7 Å². The lowest BCUT2D eigenvalue weighted by atomic mass is 10.1. The van der Waals surface area contributed by atoms with Crippen LogP contribution >= 0.6 is 0 Å². The van der Waals surface area contributed by atoms with E-state index in [2.05, 4.69) is 25.2 Å². The van der Waals surface area contributed by atoms with E-state index in [1.807, 2.05) is 25.1 Å². The van der Waals surface area contributed by atoms with Crippen molar-refractivity contribution in [3.63, 3.8) is 0 Å². The zero-order valence-corrected chi connectivity index (χ0v) is 12.8. The van der Waals surface area contributed by atoms with Crippen molar-refractivity contribution in [3.05, 3.63) is 23.8 Å². The van der Waals surface area contributed by atoms with Crippen LogP contribution < -0.4 is 14.8 Å². The predicted octanol–water partition coefficient (Wildman–Crippen LogP) is 3.12. The zero-order chi connectivity index (χ0) is 15.0. The molecular weight excluding hydrogens is 252 g/mol. The highest BCUT2D eigenvalue weighted by Gasteiger charge is 2.11. The molecule has 1 rings (SSSR count). The Bertz CT molecular complexity index is 452. The van der Waals surface area contributed by atoms with Gasteiger partial charge < -0.3 is 14.8 Å². The van der Waals surface area contributed by atoms with Crippen LogP contribution in [0.25, 0.3) is 0 Å². The number of hydrogen-bond acceptors (Lipinski definition) is 4. The molecule has 1 atom stereocenters. The Kier molecular flexibility index (Phi) is 6.89. The molecule has 110 valence electrons. The molecule has 20 heavy (non-hydrogen) atoms. The van der Waals surface area contributed by atoms with E-state index in [0.29, 0.717) is 23.8 Å². The van der Waals surface area contributed by atoms with Gasteiger partial charge in [0.1, 0.15) is 6.07 Å². The Balaban J connectivity index is 2.77. The van der Waals surface area contributed by atoms with Crippen LogP contribution in [0.15, 0.2) is 18.2 Å². The van der Waals surface area contributed by atoms with Gasteiger partial charge in [0.2, 0.25) is 0 Å². The van der Waals surface area contributed by atoms with Gasteiger partial charge in [0.25, 0.3) is 0 Å². The fourth-order valence-electron chi connectivity index (χ4n) is 1.78. The van der Waals surface area contributed by atoms with Gasteiger partial charge in [-0.25, -0.2) is 0 Å². The zero-order valence-electron chi connectivity index (χ0n) is 12.8. The van der Waals surface area contributed by atoms with Gasteiger partial charge in [-0.2, -0.15) is 5.26 Å². The second kappa shape index (κ2) is 8.44. The van der Waals surface area contributed by atoms with Gasteiger partial charge in [-0.05, 0) is 36.6 Å². The normalized spacial score (nSPS) is 12.0. The highest BCUT2D eigenvalue weighted by Crippen LogP contribution is 2.29. The largest absolute Gasteiger partial charge is 0.493 e. The molecule has 0 aromatic heterocycles. The molecule has 0 amide bonds. The summed E-state index contributed by atoms with van der Waals surface area (Å²) in [7, 11) is 1.60. The van der Waals surface area contributed by atoms with Crippen molar-refractivity contribution in [2.75, 3.05) is 13.7 Å². The van der Waals surface area contributed by atoms with Crippen molar-refractivity contribution in [1.29, 1.82) is 5.26 Å². The summed E-state index contributed by atoms with van der Waals surface area (Å²) >= 11 is 0. The molecule has 0 radical (unpaired) electrons. The first-order valence-corrected chi connectivity index (χ1v) is 7.04. The Morgan fingerprint density at radius 1 is 1.30 bits per heavy atom. The summed E-state index contributed by atoms with van der Waals surface area (Å²) in [4.78, 5) is 0. The van der Waals surface area contributed by atoms with Crippen molar-refractivity contribution >= 4 is 0 Å². The first-order chi connectivity index (χ1) is 9.60. The van der Waals surface area contributed by atoms with Crippen molar-refractivity contribution < 1.29 is 9.47 Å². The van der Waals surface area contributed by atoms with Gasteiger partial charge in [0.15, 0.2) is 17.6 Å². The first-order valence-electron chi connectivity index (χ1n) is 7.04. The van der Waals surface area contributed by atoms with E-state index in [9.17, 15) is 0 Å². The second-order valence-corrected chi connectivity index (χ2v) is 5.15. The molecular formula is C16H24N2O2. The van der Waals surface area contributed by atoms with Crippen LogP contribution in [-0.2, 0) is 6.54 Å². The molecule has 0 fully saturated rings. The smallest absolute Gasteiger partial charge is 0.184 e. The van der Waals surface area contributed by atoms with Crippen LogP contribution in [-0.4, -0.2) is 19.8 Å². The fourth-order valence-corrected chi connectivity index (χ4v) is 1.78. The van der Waals surface area contributed by atoms with Gasteiger partial charge in [0, 0.05) is 6.54 Å². The predicted molar refractivity (Wildman–Crippen MR) is 79.9 cm³/mol. The van der Waals surface area contributed by atoms with Crippen molar-refractivity contribution in [2.24, 2.45) is 5.92 Å². The Morgan fingerprint density at radius 2 is 2.05 bits per heavy atom. The summed E-state index contributed by atoms with van der Waals surface area (Å²) in [5.41, 5.74) is 1.12. The minimum absolute atomic E-state index is 0.442. The molecule has 1 unspecified atom stereocenters. The number of nitrogens with zero attached hydrogens (tertiary/aromatic N) is 1. The number of ether oxygens (including phenoxy) is 2. The Morgan fingerprint density at radius 3 is 2.60 bits per heavy atom. The van der Waals surface area contributed by atoms with Gasteiger partial charge in [-0.15, -0.1) is 0 Å². The Hall–Kier alpha value is -1.73. The summed E-state index contributed by atoms with van der Waals surface area (Å²) < 4.78 is 11.0. The molecule has 1 N–H and O–H groups in total. The van der Waals surface area contributed by atoms with Crippen molar-refractivity contribution in [2.45, 2.75) is 39.8 Å². The van der Waals surface area contributed by atoms with E-state index in [-0.39, 0.29) is 0 Å². The summed E-state index contributed by atoms with van der Waals surface area (Å²) in [6.07, 6.45) is 0.206. The molecule has 0 aliphatic carbocycles. The maximum absolute atomic E-state index is 8.99. The molecule has 0 spiro atoms. The van der Waals surface area contributed by atoms with Crippen LogP contribution in [0, 0.1) is 17.2 Å². The SMILES string of the molecule is CCC(C#N)Oc1cc(CNCC(C)C)ccc1OC. The third-order valence-corrected chi connectivity index (χ3v) is 2.89. The van der Waals surface area contributed by atoms with Crippen LogP contribution in [0.2, 0.25) is 0 Å². The lowest BCUT2D eigenvalue weighted by Crippen LogP contribution is -2.19. The molecule has 1 aromatic rings. The summed E-state index contributed by atoms with van der Waals surface area (Å²) in [5.74, 6) is 1.91. The third kappa shape index (κ3) is 5.10. The minimum atomic E-state index is -0.442. The summed E-state index contributed by atoms with van der Waals surface area (Å²) in [6, 6.07) is 7.96. The third-order valence-electron chi connectivity index (χ3n) is 2.89. The molecule has 0 heterocycles. The fraction of sp³-hybridized carbons (Fsp3) is 0.562. The molecule has 4 nitrogen and oxygen atoms in total. The first kappa shape index (κ1) is 16.3. The van der Waals surface area contributed by atoms with Crippen molar-refractivity contribution in [1.82, 2.24) is 5.32 Å². The number of benzene rings is 1. The maximum atomic E-state index is 8.99. The number of methoxy groups -OCH3 is 1. The van der Waals surface area contributed by atoms with Crippen LogP contribution in [0.1, 0.15) is 32.8 Å². The van der Waals surface area contributed by atoms with E-state index in [4.69, 9.17) is 14.7 Å². The van der Waals surface area contributed by atoms with E-state index in [1.165, 1.54) is 0 Å². The number of rotatable bonds is 8. The molecule has 0 saturated heterocycles. The van der Waals surface area contributed by atoms with Gasteiger partial charge in [0.05, 0.1) is 7.11 Å². The molecule has 1 aromatic carbocycles. The van der Waals surface area contributed by atoms with E-state index >= 15 is 0 Å². The molecule has 4 heteroatoms. The van der Waals surface area contributed by atoms with Crippen LogP contribution in [0.3, 0.4) is 0 Å². The van der Waals surface area contributed by atoms with Gasteiger partial charge in [-0.3, -0.25) is 0 Å².